The number of amides is 2. The highest BCUT2D eigenvalue weighted by molar-refractivity contribution is 5.99. The predicted molar refractivity (Wildman–Crippen MR) is 140 cm³/mol. The summed E-state index contributed by atoms with van der Waals surface area (Å²) in [4.78, 5) is 31.5. The molecule has 2 saturated heterocycles. The molecule has 0 aliphatic carbocycles. The van der Waals surface area contributed by atoms with Gasteiger partial charge in [-0.15, -0.1) is 12.4 Å². The lowest BCUT2D eigenvalue weighted by atomic mass is 9.90. The fourth-order valence-corrected chi connectivity index (χ4v) is 5.15. The first-order valence-corrected chi connectivity index (χ1v) is 12.4. The maximum atomic E-state index is 13.4. The molecular weight excluding hydrogens is 446 g/mol. The Bertz CT molecular complexity index is 926. The lowest BCUT2D eigenvalue weighted by molar-refractivity contribution is -0.127. The van der Waals surface area contributed by atoms with E-state index >= 15 is 0 Å². The lowest BCUT2D eigenvalue weighted by Crippen LogP contribution is -2.40. The van der Waals surface area contributed by atoms with Gasteiger partial charge in [0.2, 0.25) is 11.8 Å². The number of carbonyl (C=O) groups excluding carboxylic acids is 2. The Kier molecular flexibility index (Phi) is 9.54. The molecule has 2 aliphatic heterocycles. The number of nitrogens with zero attached hydrogens (tertiary/aromatic N) is 3. The molecule has 1 unspecified atom stereocenters. The number of halogens is 1. The molecule has 0 spiro atoms. The van der Waals surface area contributed by atoms with Crippen molar-refractivity contribution in [3.63, 3.8) is 0 Å². The van der Waals surface area contributed by atoms with E-state index in [0.29, 0.717) is 19.5 Å². The molecule has 6 heteroatoms. The van der Waals surface area contributed by atoms with Crippen LogP contribution in [-0.4, -0.2) is 61.4 Å². The van der Waals surface area contributed by atoms with E-state index in [4.69, 9.17) is 0 Å². The first-order chi connectivity index (χ1) is 16.0. The summed E-state index contributed by atoms with van der Waals surface area (Å²) in [6.45, 7) is 6.56. The Morgan fingerprint density at radius 2 is 1.71 bits per heavy atom. The zero-order valence-corrected chi connectivity index (χ0v) is 21.3. The maximum absolute atomic E-state index is 13.4. The topological polar surface area (TPSA) is 43.9 Å². The van der Waals surface area contributed by atoms with E-state index < -0.39 is 0 Å². The minimum Gasteiger partial charge on any atom is -0.345 e. The molecule has 0 bridgehead atoms. The van der Waals surface area contributed by atoms with Crippen LogP contribution in [0.15, 0.2) is 54.6 Å². The quantitative estimate of drug-likeness (QED) is 0.552. The van der Waals surface area contributed by atoms with Crippen molar-refractivity contribution in [2.24, 2.45) is 11.8 Å². The van der Waals surface area contributed by atoms with E-state index in [1.165, 1.54) is 30.4 Å². The van der Waals surface area contributed by atoms with E-state index in [-0.39, 0.29) is 30.1 Å². The molecule has 2 aliphatic rings. The molecule has 0 N–H and O–H groups in total. The molecular formula is C28H38ClN3O2. The third kappa shape index (κ3) is 6.83. The monoisotopic (exact) mass is 483 g/mol. The number of hydrogen-bond donors (Lipinski definition) is 0. The third-order valence-electron chi connectivity index (χ3n) is 7.23. The molecule has 4 rings (SSSR count). The zero-order chi connectivity index (χ0) is 23.2. The van der Waals surface area contributed by atoms with Gasteiger partial charge in [-0.05, 0) is 75.9 Å². The molecule has 2 heterocycles. The molecule has 34 heavy (non-hydrogen) atoms. The summed E-state index contributed by atoms with van der Waals surface area (Å²) < 4.78 is 0. The van der Waals surface area contributed by atoms with Gasteiger partial charge in [-0.25, -0.2) is 0 Å². The average Bonchev–Trinajstić information content (AvgIpc) is 3.17. The summed E-state index contributed by atoms with van der Waals surface area (Å²) in [5.41, 5.74) is 3.56. The molecule has 0 saturated carbocycles. The molecule has 2 aromatic rings. The van der Waals surface area contributed by atoms with Crippen LogP contribution in [0.1, 0.15) is 36.8 Å². The van der Waals surface area contributed by atoms with Crippen LogP contribution in [-0.2, 0) is 16.0 Å². The van der Waals surface area contributed by atoms with E-state index in [0.717, 1.165) is 37.7 Å². The summed E-state index contributed by atoms with van der Waals surface area (Å²) in [6.07, 6.45) is 4.93. The number of rotatable bonds is 8. The van der Waals surface area contributed by atoms with Gasteiger partial charge < -0.3 is 14.7 Å². The largest absolute Gasteiger partial charge is 0.345 e. The number of likely N-dealkylation sites (tertiary alicyclic amines) is 2. The average molecular weight is 484 g/mol. The highest BCUT2D eigenvalue weighted by Gasteiger charge is 2.35. The Hall–Kier alpha value is -2.37. The summed E-state index contributed by atoms with van der Waals surface area (Å²) in [7, 11) is 1.78. The Morgan fingerprint density at radius 3 is 2.32 bits per heavy atom. The van der Waals surface area contributed by atoms with Gasteiger partial charge in [-0.3, -0.25) is 9.59 Å². The normalized spacial score (nSPS) is 19.2. The summed E-state index contributed by atoms with van der Waals surface area (Å²) >= 11 is 0. The van der Waals surface area contributed by atoms with Crippen LogP contribution in [0.4, 0.5) is 5.69 Å². The van der Waals surface area contributed by atoms with Gasteiger partial charge in [0.25, 0.3) is 0 Å². The number of benzene rings is 2. The van der Waals surface area contributed by atoms with Crippen LogP contribution >= 0.6 is 12.4 Å². The van der Waals surface area contributed by atoms with Crippen LogP contribution in [0.5, 0.6) is 0 Å². The zero-order valence-electron chi connectivity index (χ0n) is 20.5. The SMILES string of the molecule is Cc1ccc(N(CCCN2CCC(Cc3ccccc3)CC2)C(=O)C2CC(=O)N(C)C2)cc1.Cl. The van der Waals surface area contributed by atoms with Gasteiger partial charge in [-0.1, -0.05) is 48.0 Å². The first-order valence-electron chi connectivity index (χ1n) is 12.4. The van der Waals surface area contributed by atoms with Crippen molar-refractivity contribution >= 4 is 29.9 Å². The molecule has 184 valence electrons. The van der Waals surface area contributed by atoms with Crippen molar-refractivity contribution in [1.82, 2.24) is 9.80 Å². The summed E-state index contributed by atoms with van der Waals surface area (Å²) in [5, 5.41) is 0. The van der Waals surface area contributed by atoms with Crippen LogP contribution in [0.25, 0.3) is 0 Å². The predicted octanol–water partition coefficient (Wildman–Crippen LogP) is 4.57. The van der Waals surface area contributed by atoms with Crippen molar-refractivity contribution in [3.05, 3.63) is 65.7 Å². The highest BCUT2D eigenvalue weighted by Crippen LogP contribution is 2.25. The van der Waals surface area contributed by atoms with Crippen LogP contribution < -0.4 is 4.90 Å². The van der Waals surface area contributed by atoms with Crippen molar-refractivity contribution in [2.75, 3.05) is 44.7 Å². The van der Waals surface area contributed by atoms with Crippen LogP contribution in [0, 0.1) is 18.8 Å². The maximum Gasteiger partial charge on any atom is 0.232 e. The molecule has 5 nitrogen and oxygen atoms in total. The van der Waals surface area contributed by atoms with Gasteiger partial charge in [0.1, 0.15) is 0 Å². The Balaban J connectivity index is 0.00000324. The first kappa shape index (κ1) is 26.2. The molecule has 0 aromatic heterocycles. The van der Waals surface area contributed by atoms with E-state index in [9.17, 15) is 9.59 Å². The molecule has 2 amide bonds. The molecule has 2 aromatic carbocycles. The van der Waals surface area contributed by atoms with Crippen molar-refractivity contribution in [1.29, 1.82) is 0 Å². The molecule has 0 radical (unpaired) electrons. The fourth-order valence-electron chi connectivity index (χ4n) is 5.15. The second-order valence-electron chi connectivity index (χ2n) is 9.83. The number of aryl methyl sites for hydroxylation is 1. The summed E-state index contributed by atoms with van der Waals surface area (Å²) in [5.74, 6) is 0.678. The molecule has 1 atom stereocenters. The standard InChI is InChI=1S/C28H37N3O2.ClH/c1-22-9-11-26(12-10-22)31(28(33)25-20-27(32)29(2)21-25)16-6-15-30-17-13-24(14-18-30)19-23-7-4-3-5-8-23;/h3-5,7-12,24-25H,6,13-21H2,1-2H3;1H. The van der Waals surface area contributed by atoms with Crippen molar-refractivity contribution in [3.8, 4) is 0 Å². The van der Waals surface area contributed by atoms with Gasteiger partial charge >= 0.3 is 0 Å². The van der Waals surface area contributed by atoms with Gasteiger partial charge in [-0.2, -0.15) is 0 Å². The molecule has 2 fully saturated rings. The Morgan fingerprint density at radius 1 is 1.03 bits per heavy atom. The van der Waals surface area contributed by atoms with Crippen LogP contribution in [0.2, 0.25) is 0 Å². The lowest BCUT2D eigenvalue weighted by Gasteiger charge is -2.33. The van der Waals surface area contributed by atoms with Gasteiger partial charge in [0.05, 0.1) is 5.92 Å². The smallest absolute Gasteiger partial charge is 0.232 e. The second-order valence-corrected chi connectivity index (χ2v) is 9.83. The number of carbonyl (C=O) groups is 2. The summed E-state index contributed by atoms with van der Waals surface area (Å²) in [6, 6.07) is 19.0. The second kappa shape index (κ2) is 12.4. The van der Waals surface area contributed by atoms with E-state index in [1.54, 1.807) is 11.9 Å². The number of piperidine rings is 1. The fraction of sp³-hybridized carbons (Fsp3) is 0.500. The van der Waals surface area contributed by atoms with Crippen molar-refractivity contribution in [2.45, 2.75) is 39.0 Å². The third-order valence-corrected chi connectivity index (χ3v) is 7.23. The number of hydrogen-bond acceptors (Lipinski definition) is 3. The minimum atomic E-state index is -0.238. The van der Waals surface area contributed by atoms with Gasteiger partial charge in [0.15, 0.2) is 0 Å². The van der Waals surface area contributed by atoms with Crippen LogP contribution in [0.3, 0.4) is 0 Å². The van der Waals surface area contributed by atoms with E-state index in [2.05, 4.69) is 54.3 Å². The highest BCUT2D eigenvalue weighted by atomic mass is 35.5. The number of anilines is 1. The Labute approximate surface area is 210 Å². The van der Waals surface area contributed by atoms with Gasteiger partial charge in [0, 0.05) is 32.2 Å². The minimum absolute atomic E-state index is 0. The van der Waals surface area contributed by atoms with E-state index in [1.807, 2.05) is 17.0 Å². The van der Waals surface area contributed by atoms with Crippen molar-refractivity contribution < 1.29 is 9.59 Å².